The summed E-state index contributed by atoms with van der Waals surface area (Å²) in [6, 6.07) is 7.80. The first kappa shape index (κ1) is 43.0. The van der Waals surface area contributed by atoms with Gasteiger partial charge in [-0.25, -0.2) is 0 Å². The van der Waals surface area contributed by atoms with E-state index >= 15 is 0 Å². The molecule has 2 aliphatic rings. The summed E-state index contributed by atoms with van der Waals surface area (Å²) in [6.45, 7) is 31.2. The zero-order valence-corrected chi connectivity index (χ0v) is 35.6. The van der Waals surface area contributed by atoms with E-state index in [4.69, 9.17) is 37.3 Å². The average molecular weight is 737 g/mol. The highest BCUT2D eigenvalue weighted by Crippen LogP contribution is 2.43. The first-order valence-electron chi connectivity index (χ1n) is 18.2. The molecule has 0 aliphatic carbocycles. The van der Waals surface area contributed by atoms with E-state index in [1.165, 1.54) is 0 Å². The van der Waals surface area contributed by atoms with Gasteiger partial charge in [0.25, 0.3) is 0 Å². The fraction of sp³-hybridized carbons (Fsp3) is 0.744. The van der Waals surface area contributed by atoms with Crippen molar-refractivity contribution >= 4 is 16.6 Å². The largest absolute Gasteiger partial charge is 0.497 e. The molecule has 3 rings (SSSR count). The van der Waals surface area contributed by atoms with E-state index in [0.29, 0.717) is 26.2 Å². The van der Waals surface area contributed by atoms with Crippen LogP contribution >= 0.6 is 0 Å². The number of aliphatic hydroxyl groups is 1. The molecule has 11 heteroatoms. The molecule has 1 N–H and O–H groups in total. The minimum atomic E-state index is -2.37. The maximum Gasteiger partial charge on any atom is 0.192 e. The van der Waals surface area contributed by atoms with Crippen molar-refractivity contribution in [3.8, 4) is 5.75 Å². The van der Waals surface area contributed by atoms with Gasteiger partial charge in [-0.2, -0.15) is 0 Å². The van der Waals surface area contributed by atoms with Gasteiger partial charge in [0.2, 0.25) is 0 Å². The molecule has 2 aliphatic heterocycles. The number of rotatable bonds is 16. The van der Waals surface area contributed by atoms with Crippen LogP contribution in [0.4, 0.5) is 0 Å². The van der Waals surface area contributed by atoms with Crippen molar-refractivity contribution in [1.82, 2.24) is 0 Å². The molecule has 1 aromatic rings. The third kappa shape index (κ3) is 11.8. The van der Waals surface area contributed by atoms with Crippen LogP contribution in [0.5, 0.6) is 5.75 Å². The van der Waals surface area contributed by atoms with Gasteiger partial charge in [-0.15, -0.1) is 0 Å². The lowest BCUT2D eigenvalue weighted by Gasteiger charge is -2.46. The minimum Gasteiger partial charge on any atom is -0.497 e. The molecule has 1 saturated heterocycles. The smallest absolute Gasteiger partial charge is 0.192 e. The molecule has 1 fully saturated rings. The summed E-state index contributed by atoms with van der Waals surface area (Å²) in [7, 11) is -2.98. The Balaban J connectivity index is 1.96. The SMILES string of the molecule is CCOC1C=C[C@H](OCc2ccc(OC)cc2)[C@H](/C=C/[C@@](C)(O)[C@@H](C[C@@H](O[Si](C)(C)C(C)(C)C)[C@H]2COC(C)(C)O2)O[Si](C)(C)C(C)(C)C)O1. The maximum absolute atomic E-state index is 12.4. The maximum atomic E-state index is 12.4. The van der Waals surface area contributed by atoms with Crippen LogP contribution in [0.2, 0.25) is 36.3 Å². The van der Waals surface area contributed by atoms with Gasteiger partial charge in [-0.05, 0) is 87.7 Å². The van der Waals surface area contributed by atoms with Gasteiger partial charge in [0, 0.05) is 13.0 Å². The molecule has 0 aromatic heterocycles. The molecule has 0 radical (unpaired) electrons. The number of methoxy groups -OCH3 is 1. The second-order valence-electron chi connectivity index (χ2n) is 17.4. The summed E-state index contributed by atoms with van der Waals surface area (Å²) in [5.41, 5.74) is -0.385. The molecule has 0 bridgehead atoms. The Hall–Kier alpha value is -1.39. The molecule has 1 aromatic carbocycles. The number of ether oxygens (including phenoxy) is 6. The Morgan fingerprint density at radius 1 is 0.920 bits per heavy atom. The van der Waals surface area contributed by atoms with Crippen LogP contribution in [0.1, 0.15) is 81.2 Å². The monoisotopic (exact) mass is 736 g/mol. The summed E-state index contributed by atoms with van der Waals surface area (Å²) in [6.07, 6.45) is 5.26. The molecule has 0 spiro atoms. The lowest BCUT2D eigenvalue weighted by Crippen LogP contribution is -2.55. The van der Waals surface area contributed by atoms with Crippen LogP contribution in [0, 0.1) is 0 Å². The van der Waals surface area contributed by atoms with Crippen LogP contribution < -0.4 is 4.74 Å². The summed E-state index contributed by atoms with van der Waals surface area (Å²) in [5.74, 6) is 0.0706. The summed E-state index contributed by atoms with van der Waals surface area (Å²) >= 11 is 0. The van der Waals surface area contributed by atoms with E-state index in [2.05, 4.69) is 67.7 Å². The zero-order chi connectivity index (χ0) is 37.8. The predicted octanol–water partition coefficient (Wildman–Crippen LogP) is 8.53. The standard InChI is InChI=1S/C39H68O9Si2/c1-16-42-35-22-21-30(43-26-28-17-19-29(41-11)20-18-28)31(45-35)23-24-39(10,40)34(48-50(14,15)37(5,6)7)25-32(33-27-44-38(8,9)46-33)47-49(12,13)36(2,3)4/h17-24,30-35,40H,16,25-27H2,1-15H3/b24-23+/t30-,31-,32+,33+,34+,35?,39+/m0/s1. The van der Waals surface area contributed by atoms with E-state index in [1.54, 1.807) is 13.2 Å². The molecule has 286 valence electrons. The van der Waals surface area contributed by atoms with Crippen molar-refractivity contribution in [3.05, 3.63) is 54.1 Å². The van der Waals surface area contributed by atoms with Gasteiger partial charge >= 0.3 is 0 Å². The third-order valence-corrected chi connectivity index (χ3v) is 19.7. The fourth-order valence-corrected chi connectivity index (χ4v) is 8.10. The Bertz CT molecular complexity index is 1260. The highest BCUT2D eigenvalue weighted by Gasteiger charge is 2.49. The fourth-order valence-electron chi connectivity index (χ4n) is 5.34. The van der Waals surface area contributed by atoms with E-state index in [-0.39, 0.29) is 22.3 Å². The van der Waals surface area contributed by atoms with E-state index in [0.717, 1.165) is 11.3 Å². The van der Waals surface area contributed by atoms with Gasteiger partial charge in [0.05, 0.1) is 32.5 Å². The molecular weight excluding hydrogens is 669 g/mol. The van der Waals surface area contributed by atoms with Crippen molar-refractivity contribution in [2.24, 2.45) is 0 Å². The number of hydrogen-bond acceptors (Lipinski definition) is 9. The molecular formula is C39H68O9Si2. The van der Waals surface area contributed by atoms with Crippen LogP contribution in [0.15, 0.2) is 48.6 Å². The van der Waals surface area contributed by atoms with E-state index in [9.17, 15) is 5.11 Å². The van der Waals surface area contributed by atoms with Crippen LogP contribution in [-0.4, -0.2) is 90.3 Å². The molecule has 2 heterocycles. The highest BCUT2D eigenvalue weighted by atomic mass is 28.4. The predicted molar refractivity (Wildman–Crippen MR) is 204 cm³/mol. The zero-order valence-electron chi connectivity index (χ0n) is 33.6. The molecule has 50 heavy (non-hydrogen) atoms. The van der Waals surface area contributed by atoms with Crippen LogP contribution in [0.3, 0.4) is 0 Å². The Kier molecular flexibility index (Phi) is 14.4. The van der Waals surface area contributed by atoms with Gasteiger partial charge < -0.3 is 42.4 Å². The Morgan fingerprint density at radius 2 is 1.52 bits per heavy atom. The Labute approximate surface area is 305 Å². The van der Waals surface area contributed by atoms with Gasteiger partial charge in [0.15, 0.2) is 28.7 Å². The Morgan fingerprint density at radius 3 is 2.04 bits per heavy atom. The van der Waals surface area contributed by atoms with Gasteiger partial charge in [0.1, 0.15) is 29.7 Å². The molecule has 9 nitrogen and oxygen atoms in total. The topological polar surface area (TPSA) is 94.1 Å². The van der Waals surface area contributed by atoms with Crippen molar-refractivity contribution in [2.75, 3.05) is 20.3 Å². The second-order valence-corrected chi connectivity index (χ2v) is 26.9. The van der Waals surface area contributed by atoms with E-state index < -0.39 is 52.6 Å². The van der Waals surface area contributed by atoms with Crippen molar-refractivity contribution in [3.63, 3.8) is 0 Å². The first-order valence-corrected chi connectivity index (χ1v) is 24.0. The molecule has 0 saturated carbocycles. The lowest BCUT2D eigenvalue weighted by molar-refractivity contribution is -0.164. The van der Waals surface area contributed by atoms with Crippen molar-refractivity contribution in [2.45, 2.75) is 167 Å². The molecule has 7 atom stereocenters. The van der Waals surface area contributed by atoms with E-state index in [1.807, 2.05) is 70.2 Å². The normalized spacial score (nSPS) is 25.8. The lowest BCUT2D eigenvalue weighted by atomic mass is 9.91. The van der Waals surface area contributed by atoms with Crippen LogP contribution in [0.25, 0.3) is 0 Å². The summed E-state index contributed by atoms with van der Waals surface area (Å²) in [4.78, 5) is 0. The number of benzene rings is 1. The second kappa shape index (κ2) is 16.7. The minimum absolute atomic E-state index is 0.0256. The van der Waals surface area contributed by atoms with Crippen molar-refractivity contribution < 1.29 is 42.4 Å². The molecule has 0 amide bonds. The quantitative estimate of drug-likeness (QED) is 0.132. The summed E-state index contributed by atoms with van der Waals surface area (Å²) < 4.78 is 50.5. The number of hydrogen-bond donors (Lipinski definition) is 1. The van der Waals surface area contributed by atoms with Gasteiger partial charge in [-0.3, -0.25) is 0 Å². The van der Waals surface area contributed by atoms with Gasteiger partial charge in [-0.1, -0.05) is 71.9 Å². The third-order valence-electron chi connectivity index (χ3n) is 10.7. The molecule has 1 unspecified atom stereocenters. The highest BCUT2D eigenvalue weighted by molar-refractivity contribution is 6.74. The van der Waals surface area contributed by atoms with Crippen molar-refractivity contribution in [1.29, 1.82) is 0 Å². The first-order chi connectivity index (χ1) is 22.9. The van der Waals surface area contributed by atoms with Crippen LogP contribution in [-0.2, 0) is 39.1 Å². The average Bonchev–Trinajstić information content (AvgIpc) is 3.37. The summed E-state index contributed by atoms with van der Waals surface area (Å²) in [5, 5.41) is 12.3.